The number of carbonyl (C=O) groups is 1. The SMILES string of the molecule is CC(C)(C)OC(=O)N[C@H](CCC1CCCCC1)C(=S)NC1CCN(c2ccccc2)CC1. The van der Waals surface area contributed by atoms with E-state index in [1.165, 1.54) is 37.8 Å². The third kappa shape index (κ3) is 8.27. The van der Waals surface area contributed by atoms with E-state index in [2.05, 4.69) is 45.9 Å². The van der Waals surface area contributed by atoms with E-state index in [1.54, 1.807) is 0 Å². The van der Waals surface area contributed by atoms with Crippen molar-refractivity contribution in [2.45, 2.75) is 96.2 Å². The molecule has 5 nitrogen and oxygen atoms in total. The van der Waals surface area contributed by atoms with Gasteiger partial charge in [-0.25, -0.2) is 4.79 Å². The monoisotopic (exact) mass is 459 g/mol. The Kier molecular flexibility index (Phi) is 9.21. The van der Waals surface area contributed by atoms with Crippen molar-refractivity contribution in [3.63, 3.8) is 0 Å². The number of hydrogen-bond acceptors (Lipinski definition) is 4. The predicted molar refractivity (Wildman–Crippen MR) is 136 cm³/mol. The molecule has 2 fully saturated rings. The number of thiocarbonyl (C=S) groups is 1. The maximum absolute atomic E-state index is 12.5. The highest BCUT2D eigenvalue weighted by molar-refractivity contribution is 7.80. The molecule has 0 spiro atoms. The normalized spacial score (nSPS) is 19.3. The van der Waals surface area contributed by atoms with Gasteiger partial charge in [-0.3, -0.25) is 0 Å². The molecular weight excluding hydrogens is 418 g/mol. The molecule has 3 rings (SSSR count). The van der Waals surface area contributed by atoms with E-state index in [4.69, 9.17) is 17.0 Å². The molecule has 0 radical (unpaired) electrons. The summed E-state index contributed by atoms with van der Waals surface area (Å²) in [6.07, 6.45) is 10.3. The van der Waals surface area contributed by atoms with Crippen LogP contribution in [-0.4, -0.2) is 41.9 Å². The summed E-state index contributed by atoms with van der Waals surface area (Å²) in [5, 5.41) is 6.64. The van der Waals surface area contributed by atoms with Crippen LogP contribution < -0.4 is 15.5 Å². The molecule has 1 aromatic carbocycles. The number of piperidine rings is 1. The molecule has 0 bridgehead atoms. The van der Waals surface area contributed by atoms with Crippen LogP contribution in [0, 0.1) is 5.92 Å². The van der Waals surface area contributed by atoms with E-state index in [9.17, 15) is 4.79 Å². The van der Waals surface area contributed by atoms with Gasteiger partial charge in [-0.1, -0.05) is 62.5 Å². The van der Waals surface area contributed by atoms with E-state index in [0.717, 1.165) is 49.7 Å². The number of para-hydroxylation sites is 1. The van der Waals surface area contributed by atoms with Gasteiger partial charge in [0.05, 0.1) is 11.0 Å². The van der Waals surface area contributed by atoms with Crippen molar-refractivity contribution in [3.8, 4) is 0 Å². The first-order chi connectivity index (χ1) is 15.3. The molecule has 1 saturated heterocycles. The number of amides is 1. The van der Waals surface area contributed by atoms with Crippen LogP contribution >= 0.6 is 12.2 Å². The smallest absolute Gasteiger partial charge is 0.408 e. The molecule has 1 heterocycles. The van der Waals surface area contributed by atoms with E-state index in [1.807, 2.05) is 20.8 Å². The average molecular weight is 460 g/mol. The van der Waals surface area contributed by atoms with Crippen LogP contribution in [0.1, 0.15) is 78.6 Å². The summed E-state index contributed by atoms with van der Waals surface area (Å²) in [6.45, 7) is 7.69. The summed E-state index contributed by atoms with van der Waals surface area (Å²) in [5.41, 5.74) is 0.766. The highest BCUT2D eigenvalue weighted by Gasteiger charge is 2.26. The van der Waals surface area contributed by atoms with E-state index < -0.39 is 5.60 Å². The molecule has 1 atom stereocenters. The quantitative estimate of drug-likeness (QED) is 0.503. The molecule has 0 aromatic heterocycles. The van der Waals surface area contributed by atoms with Gasteiger partial charge in [0, 0.05) is 24.8 Å². The Morgan fingerprint density at radius 1 is 1.09 bits per heavy atom. The summed E-state index contributed by atoms with van der Waals surface area (Å²) < 4.78 is 5.52. The second-order valence-electron chi connectivity index (χ2n) is 10.4. The Morgan fingerprint density at radius 3 is 2.38 bits per heavy atom. The zero-order valence-corrected chi connectivity index (χ0v) is 20.9. The highest BCUT2D eigenvalue weighted by Crippen LogP contribution is 2.28. The number of carbonyl (C=O) groups excluding carboxylic acids is 1. The van der Waals surface area contributed by atoms with E-state index in [-0.39, 0.29) is 12.1 Å². The van der Waals surface area contributed by atoms with E-state index in [0.29, 0.717) is 6.04 Å². The lowest BCUT2D eigenvalue weighted by Gasteiger charge is -2.35. The zero-order chi connectivity index (χ0) is 23.0. The molecule has 1 aliphatic heterocycles. The minimum atomic E-state index is -0.517. The van der Waals surface area contributed by atoms with Crippen LogP contribution in [0.25, 0.3) is 0 Å². The van der Waals surface area contributed by atoms with Gasteiger partial charge in [0.2, 0.25) is 0 Å². The van der Waals surface area contributed by atoms with Gasteiger partial charge in [0.25, 0.3) is 0 Å². The molecule has 1 aromatic rings. The Bertz CT molecular complexity index is 720. The average Bonchev–Trinajstić information content (AvgIpc) is 2.77. The predicted octanol–water partition coefficient (Wildman–Crippen LogP) is 5.83. The van der Waals surface area contributed by atoms with Crippen molar-refractivity contribution in [3.05, 3.63) is 30.3 Å². The molecule has 2 aliphatic rings. The number of nitrogens with zero attached hydrogens (tertiary/aromatic N) is 1. The molecule has 1 aliphatic carbocycles. The van der Waals surface area contributed by atoms with Gasteiger partial charge >= 0.3 is 6.09 Å². The van der Waals surface area contributed by atoms with Crippen molar-refractivity contribution in [2.24, 2.45) is 5.92 Å². The van der Waals surface area contributed by atoms with Gasteiger partial charge in [-0.05, 0) is 64.5 Å². The van der Waals surface area contributed by atoms with Crippen molar-refractivity contribution in [2.75, 3.05) is 18.0 Å². The topological polar surface area (TPSA) is 53.6 Å². The number of rotatable bonds is 7. The molecule has 1 amide bonds. The third-order valence-electron chi connectivity index (χ3n) is 6.56. The summed E-state index contributed by atoms with van der Waals surface area (Å²) in [7, 11) is 0. The molecule has 2 N–H and O–H groups in total. The Hall–Kier alpha value is -1.82. The van der Waals surface area contributed by atoms with Gasteiger partial charge in [-0.2, -0.15) is 0 Å². The number of anilines is 1. The molecule has 1 saturated carbocycles. The number of alkyl carbamates (subject to hydrolysis) is 1. The van der Waals surface area contributed by atoms with Crippen LogP contribution in [0.3, 0.4) is 0 Å². The number of hydrogen-bond donors (Lipinski definition) is 2. The lowest BCUT2D eigenvalue weighted by Crippen LogP contribution is -2.52. The maximum Gasteiger partial charge on any atom is 0.408 e. The standard InChI is InChI=1S/C26H41N3O2S/c1-26(2,3)31-25(30)28-23(15-14-20-10-6-4-7-11-20)24(32)27-21-16-18-29(19-17-21)22-12-8-5-9-13-22/h5,8-9,12-13,20-21,23H,4,6-7,10-11,14-19H2,1-3H3,(H,27,32)(H,28,30)/t23-/m1/s1. The number of ether oxygens (including phenoxy) is 1. The fraction of sp³-hybridized carbons (Fsp3) is 0.692. The molecule has 6 heteroatoms. The Morgan fingerprint density at radius 2 is 1.75 bits per heavy atom. The fourth-order valence-corrected chi connectivity index (χ4v) is 5.16. The Labute approximate surface area is 199 Å². The van der Waals surface area contributed by atoms with Crippen LogP contribution in [0.5, 0.6) is 0 Å². The zero-order valence-electron chi connectivity index (χ0n) is 20.1. The number of benzene rings is 1. The molecule has 178 valence electrons. The van der Waals surface area contributed by atoms with Crippen LogP contribution in [0.4, 0.5) is 10.5 Å². The minimum absolute atomic E-state index is 0.172. The second-order valence-corrected chi connectivity index (χ2v) is 10.8. The van der Waals surface area contributed by atoms with Crippen LogP contribution in [0.2, 0.25) is 0 Å². The summed E-state index contributed by atoms with van der Waals surface area (Å²) >= 11 is 5.81. The number of nitrogens with one attached hydrogen (secondary N) is 2. The first-order valence-electron chi connectivity index (χ1n) is 12.4. The largest absolute Gasteiger partial charge is 0.444 e. The van der Waals surface area contributed by atoms with Crippen molar-refractivity contribution < 1.29 is 9.53 Å². The lowest BCUT2D eigenvalue weighted by molar-refractivity contribution is 0.0514. The third-order valence-corrected chi connectivity index (χ3v) is 6.96. The van der Waals surface area contributed by atoms with Gasteiger partial charge in [-0.15, -0.1) is 0 Å². The summed E-state index contributed by atoms with van der Waals surface area (Å²) in [6, 6.07) is 10.8. The van der Waals surface area contributed by atoms with E-state index >= 15 is 0 Å². The van der Waals surface area contributed by atoms with Crippen LogP contribution in [0.15, 0.2) is 30.3 Å². The highest BCUT2D eigenvalue weighted by atomic mass is 32.1. The fourth-order valence-electron chi connectivity index (χ4n) is 4.82. The van der Waals surface area contributed by atoms with Gasteiger partial charge in [0.15, 0.2) is 0 Å². The van der Waals surface area contributed by atoms with Gasteiger partial charge in [0.1, 0.15) is 5.60 Å². The minimum Gasteiger partial charge on any atom is -0.444 e. The van der Waals surface area contributed by atoms with Crippen LogP contribution in [-0.2, 0) is 4.74 Å². The first kappa shape index (κ1) is 24.8. The van der Waals surface area contributed by atoms with Crippen molar-refractivity contribution in [1.82, 2.24) is 10.6 Å². The van der Waals surface area contributed by atoms with Gasteiger partial charge < -0.3 is 20.3 Å². The van der Waals surface area contributed by atoms with Crippen molar-refractivity contribution in [1.29, 1.82) is 0 Å². The molecule has 0 unspecified atom stereocenters. The first-order valence-corrected chi connectivity index (χ1v) is 12.8. The van der Waals surface area contributed by atoms with Crippen molar-refractivity contribution >= 4 is 29.0 Å². The second kappa shape index (κ2) is 11.9. The summed E-state index contributed by atoms with van der Waals surface area (Å²) in [4.78, 5) is 15.7. The Balaban J connectivity index is 1.52. The molecule has 32 heavy (non-hydrogen) atoms. The maximum atomic E-state index is 12.5. The lowest BCUT2D eigenvalue weighted by atomic mass is 9.85. The molecular formula is C26H41N3O2S. The summed E-state index contributed by atoms with van der Waals surface area (Å²) in [5.74, 6) is 0.753.